The largest absolute Gasteiger partial charge is 0.345 e. The van der Waals surface area contributed by atoms with Gasteiger partial charge in [-0.05, 0) is 43.1 Å². The normalized spacial score (nSPS) is 30.0. The number of carbonyl (C=O) groups is 4. The lowest BCUT2D eigenvalue weighted by atomic mass is 10.0. The van der Waals surface area contributed by atoms with Crippen molar-refractivity contribution < 1.29 is 19.2 Å². The fourth-order valence-electron chi connectivity index (χ4n) is 5.68. The predicted octanol–water partition coefficient (Wildman–Crippen LogP) is 2.98. The lowest BCUT2D eigenvalue weighted by Crippen LogP contribution is -2.55. The average Bonchev–Trinajstić information content (AvgIpc) is 3.81. The highest BCUT2D eigenvalue weighted by Crippen LogP contribution is 2.32. The van der Waals surface area contributed by atoms with Gasteiger partial charge in [0.25, 0.3) is 5.91 Å². The summed E-state index contributed by atoms with van der Waals surface area (Å²) in [5, 5.41) is 13.1. The summed E-state index contributed by atoms with van der Waals surface area (Å²) in [6, 6.07) is -2.87. The summed E-state index contributed by atoms with van der Waals surface area (Å²) < 4.78 is 0. The van der Waals surface area contributed by atoms with Gasteiger partial charge in [-0.25, -0.2) is 4.98 Å². The van der Waals surface area contributed by atoms with Gasteiger partial charge < -0.3 is 20.9 Å². The molecule has 0 aliphatic carbocycles. The van der Waals surface area contributed by atoms with Crippen molar-refractivity contribution in [2.24, 2.45) is 21.8 Å². The van der Waals surface area contributed by atoms with E-state index >= 15 is 0 Å². The van der Waals surface area contributed by atoms with Crippen LogP contribution < -0.4 is 16.0 Å². The third kappa shape index (κ3) is 7.31. The van der Waals surface area contributed by atoms with Crippen LogP contribution in [0.4, 0.5) is 0 Å². The van der Waals surface area contributed by atoms with Crippen molar-refractivity contribution in [1.82, 2.24) is 25.8 Å². The number of fused-ring (bicyclic) bond motifs is 6. The second-order valence-corrected chi connectivity index (χ2v) is 16.1. The van der Waals surface area contributed by atoms with E-state index in [1.165, 1.54) is 34.9 Å². The standard InChI is InChI=1S/C29H41N7O4S4/c1-14(2)21-28-33-17(13-44-28)23(37)30-16(8-10-41-5)26-31-18(11-42-26)25(39)35-22(15(3)4)29(40)36-9-6-7-20(36)27-32-19(12-43-27)24(38)34-21/h13-16,18-22H,6-12H2,1-5H3,(H,30,37)(H,34,38)(H,35,39)/t16-,18?,19-,20-,21-,22-/m0/s1. The second kappa shape index (κ2) is 14.5. The first-order valence-electron chi connectivity index (χ1n) is 15.1. The third-order valence-corrected chi connectivity index (χ3v) is 12.1. The molecule has 4 aliphatic heterocycles. The Labute approximate surface area is 275 Å². The zero-order chi connectivity index (χ0) is 31.5. The van der Waals surface area contributed by atoms with E-state index in [9.17, 15) is 19.2 Å². The van der Waals surface area contributed by atoms with Crippen LogP contribution in [0.15, 0.2) is 15.4 Å². The maximum absolute atomic E-state index is 13.9. The minimum Gasteiger partial charge on any atom is -0.345 e. The SMILES string of the molecule is CSCC[C@@H]1NC(=O)c2csc(n2)[C@H](C(C)C)NC(=O)[C@@H]2CSC(=N2)[C@@H]2CCCN2C(=O)[C@H](C(C)C)NC(=O)C2CSC1=N2. The molecule has 11 nitrogen and oxygen atoms in total. The summed E-state index contributed by atoms with van der Waals surface area (Å²) in [7, 11) is 0. The molecule has 5 heterocycles. The van der Waals surface area contributed by atoms with Gasteiger partial charge in [0.05, 0.1) is 28.2 Å². The molecule has 1 unspecified atom stereocenters. The number of rotatable bonds is 5. The van der Waals surface area contributed by atoms with E-state index in [0.29, 0.717) is 40.2 Å². The summed E-state index contributed by atoms with van der Waals surface area (Å²) >= 11 is 6.02. The van der Waals surface area contributed by atoms with Gasteiger partial charge in [0.15, 0.2) is 0 Å². The molecule has 0 spiro atoms. The van der Waals surface area contributed by atoms with Crippen LogP contribution in [-0.4, -0.2) is 104 Å². The zero-order valence-corrected chi connectivity index (χ0v) is 29.0. The molecular formula is C29H41N7O4S4. The highest BCUT2D eigenvalue weighted by Gasteiger charge is 2.41. The molecule has 1 aromatic rings. The Morgan fingerprint density at radius 1 is 0.932 bits per heavy atom. The molecule has 0 aromatic carbocycles. The first-order chi connectivity index (χ1) is 21.1. The highest BCUT2D eigenvalue weighted by atomic mass is 32.2. The number of hydrogen-bond donors (Lipinski definition) is 3. The number of nitrogens with zero attached hydrogens (tertiary/aromatic N) is 4. The first kappa shape index (κ1) is 33.3. The molecule has 15 heteroatoms. The van der Waals surface area contributed by atoms with Crippen LogP contribution in [0.5, 0.6) is 0 Å². The minimum absolute atomic E-state index is 0.0385. The summed E-state index contributed by atoms with van der Waals surface area (Å²) in [4.78, 5) is 70.3. The Hall–Kier alpha value is -2.10. The van der Waals surface area contributed by atoms with Crippen molar-refractivity contribution in [3.63, 3.8) is 0 Å². The predicted molar refractivity (Wildman–Crippen MR) is 181 cm³/mol. The molecule has 1 fully saturated rings. The average molecular weight is 680 g/mol. The fourth-order valence-corrected chi connectivity index (χ4v) is 9.50. The van der Waals surface area contributed by atoms with Crippen molar-refractivity contribution in [2.45, 2.75) is 83.2 Å². The lowest BCUT2D eigenvalue weighted by molar-refractivity contribution is -0.137. The van der Waals surface area contributed by atoms with Crippen LogP contribution in [0.25, 0.3) is 0 Å². The summed E-state index contributed by atoms with van der Waals surface area (Å²) in [6.45, 7) is 8.47. The Kier molecular flexibility index (Phi) is 11.0. The Morgan fingerprint density at radius 3 is 2.23 bits per heavy atom. The van der Waals surface area contributed by atoms with Gasteiger partial charge in [-0.1, -0.05) is 27.7 Å². The molecule has 1 aromatic heterocycles. The van der Waals surface area contributed by atoms with Crippen LogP contribution in [-0.2, 0) is 14.4 Å². The number of nitrogens with one attached hydrogen (secondary N) is 3. The second-order valence-electron chi connectivity index (χ2n) is 12.1. The summed E-state index contributed by atoms with van der Waals surface area (Å²) in [5.41, 5.74) is 0.291. The molecule has 4 amide bonds. The highest BCUT2D eigenvalue weighted by molar-refractivity contribution is 8.14. The number of aliphatic imine (C=N–C) groups is 2. The molecule has 0 radical (unpaired) electrons. The van der Waals surface area contributed by atoms with Gasteiger partial charge in [-0.2, -0.15) is 11.8 Å². The number of hydrogen-bond acceptors (Lipinski definition) is 11. The maximum Gasteiger partial charge on any atom is 0.271 e. The summed E-state index contributed by atoms with van der Waals surface area (Å²) in [6.07, 6.45) is 4.27. The first-order valence-corrected chi connectivity index (χ1v) is 19.4. The molecule has 44 heavy (non-hydrogen) atoms. The van der Waals surface area contributed by atoms with Crippen molar-refractivity contribution in [1.29, 1.82) is 0 Å². The number of carbonyl (C=O) groups excluding carboxylic acids is 4. The smallest absolute Gasteiger partial charge is 0.271 e. The molecule has 6 atom stereocenters. The van der Waals surface area contributed by atoms with Crippen molar-refractivity contribution >= 4 is 80.3 Å². The van der Waals surface area contributed by atoms with E-state index < -0.39 is 18.1 Å². The molecule has 1 saturated heterocycles. The monoisotopic (exact) mass is 679 g/mol. The van der Waals surface area contributed by atoms with Gasteiger partial charge in [-0.15, -0.1) is 34.9 Å². The van der Waals surface area contributed by atoms with Crippen LogP contribution in [0.3, 0.4) is 0 Å². The van der Waals surface area contributed by atoms with E-state index in [2.05, 4.69) is 20.9 Å². The van der Waals surface area contributed by atoms with E-state index in [0.717, 1.165) is 23.6 Å². The molecular weight excluding hydrogens is 639 g/mol. The topological polar surface area (TPSA) is 145 Å². The van der Waals surface area contributed by atoms with Crippen LogP contribution >= 0.6 is 46.6 Å². The number of thioether (sulfide) groups is 3. The van der Waals surface area contributed by atoms with E-state index in [-0.39, 0.29) is 53.6 Å². The van der Waals surface area contributed by atoms with Crippen molar-refractivity contribution in [3.8, 4) is 0 Å². The Bertz CT molecular complexity index is 1330. The maximum atomic E-state index is 13.9. The van der Waals surface area contributed by atoms with Crippen molar-refractivity contribution in [2.75, 3.05) is 30.1 Å². The van der Waals surface area contributed by atoms with E-state index in [4.69, 9.17) is 9.98 Å². The third-order valence-electron chi connectivity index (χ3n) is 8.20. The molecule has 3 N–H and O–H groups in total. The van der Waals surface area contributed by atoms with Gasteiger partial charge in [-0.3, -0.25) is 29.2 Å². The van der Waals surface area contributed by atoms with E-state index in [1.807, 2.05) is 38.9 Å². The number of amides is 4. The van der Waals surface area contributed by atoms with Crippen LogP contribution in [0, 0.1) is 11.8 Å². The Balaban J connectivity index is 1.49. The molecule has 4 aliphatic rings. The Morgan fingerprint density at radius 2 is 1.57 bits per heavy atom. The van der Waals surface area contributed by atoms with Gasteiger partial charge in [0, 0.05) is 23.4 Å². The van der Waals surface area contributed by atoms with Gasteiger partial charge in [0.1, 0.15) is 28.8 Å². The van der Waals surface area contributed by atoms with Gasteiger partial charge >= 0.3 is 0 Å². The fraction of sp³-hybridized carbons (Fsp3) is 0.690. The molecule has 0 saturated carbocycles. The summed E-state index contributed by atoms with van der Waals surface area (Å²) in [5.74, 6) is 0.731. The molecule has 5 rings (SSSR count). The molecule has 6 bridgehead atoms. The quantitative estimate of drug-likeness (QED) is 0.431. The zero-order valence-electron chi connectivity index (χ0n) is 25.7. The number of aromatic nitrogens is 1. The number of thiazole rings is 1. The lowest BCUT2D eigenvalue weighted by Gasteiger charge is -2.31. The van der Waals surface area contributed by atoms with Crippen molar-refractivity contribution in [3.05, 3.63) is 16.1 Å². The van der Waals surface area contributed by atoms with Gasteiger partial charge in [0.2, 0.25) is 17.7 Å². The van der Waals surface area contributed by atoms with Crippen LogP contribution in [0.1, 0.15) is 68.5 Å². The van der Waals surface area contributed by atoms with Crippen LogP contribution in [0.2, 0.25) is 0 Å². The molecule has 240 valence electrons. The minimum atomic E-state index is -0.704. The van der Waals surface area contributed by atoms with E-state index in [1.54, 1.807) is 17.1 Å².